The Morgan fingerprint density at radius 1 is 1.30 bits per heavy atom. The number of rotatable bonds is 8. The monoisotopic (exact) mass is 521 g/mol. The van der Waals surface area contributed by atoms with Crippen molar-refractivity contribution in [1.29, 1.82) is 0 Å². The molecule has 2 aromatic heterocycles. The third-order valence-corrected chi connectivity index (χ3v) is 6.42. The van der Waals surface area contributed by atoms with Gasteiger partial charge in [-0.05, 0) is 55.6 Å². The molecular formula is C21H17ClFN5O2S3. The molecule has 0 atom stereocenters. The number of hydrogen-bond acceptors (Lipinski definition) is 8. The van der Waals surface area contributed by atoms with Crippen LogP contribution in [0.15, 0.2) is 36.7 Å². The van der Waals surface area contributed by atoms with Crippen molar-refractivity contribution in [2.75, 3.05) is 11.9 Å². The molecule has 0 saturated carbocycles. The molecule has 2 aromatic carbocycles. The minimum Gasteiger partial charge on any atom is -0.494 e. The van der Waals surface area contributed by atoms with Gasteiger partial charge in [0.25, 0.3) is 0 Å². The molecule has 4 aromatic rings. The van der Waals surface area contributed by atoms with Gasteiger partial charge in [-0.15, -0.1) is 0 Å². The van der Waals surface area contributed by atoms with E-state index in [1.807, 2.05) is 13.0 Å². The first-order valence-corrected chi connectivity index (χ1v) is 11.8. The van der Waals surface area contributed by atoms with E-state index < -0.39 is 5.82 Å². The van der Waals surface area contributed by atoms with Crippen LogP contribution in [-0.2, 0) is 17.8 Å². The molecule has 2 heterocycles. The number of aromatic amines is 1. The number of hydrogen-bond donors (Lipinski definition) is 2. The van der Waals surface area contributed by atoms with Crippen molar-refractivity contribution in [1.82, 2.24) is 19.7 Å². The van der Waals surface area contributed by atoms with E-state index in [9.17, 15) is 9.18 Å². The summed E-state index contributed by atoms with van der Waals surface area (Å²) >= 11 is 17.5. The summed E-state index contributed by atoms with van der Waals surface area (Å²) in [5.41, 5.74) is 1.88. The fraction of sp³-hybridized carbons (Fsp3) is 0.190. The normalized spacial score (nSPS) is 11.0. The number of carbonyl (C=O) groups is 1. The number of benzene rings is 2. The number of H-pyrrole nitrogens is 1. The van der Waals surface area contributed by atoms with Crippen LogP contribution in [0.25, 0.3) is 10.9 Å². The molecular weight excluding hydrogens is 505 g/mol. The topological polar surface area (TPSA) is 84.8 Å². The molecule has 2 N–H and O–H groups in total. The molecule has 0 spiro atoms. The zero-order chi connectivity index (χ0) is 23.5. The highest BCUT2D eigenvalue weighted by Crippen LogP contribution is 2.31. The van der Waals surface area contributed by atoms with Crippen LogP contribution >= 0.6 is 47.4 Å². The van der Waals surface area contributed by atoms with Crippen LogP contribution in [-0.4, -0.2) is 32.1 Å². The van der Waals surface area contributed by atoms with E-state index >= 15 is 0 Å². The van der Waals surface area contributed by atoms with Crippen molar-refractivity contribution in [2.24, 2.45) is 0 Å². The minimum atomic E-state index is -0.511. The Labute approximate surface area is 207 Å². The number of halogens is 2. The predicted molar refractivity (Wildman–Crippen MR) is 132 cm³/mol. The molecule has 0 saturated heterocycles. The summed E-state index contributed by atoms with van der Waals surface area (Å²) in [7, 11) is 0. The van der Waals surface area contributed by atoms with E-state index in [-0.39, 0.29) is 23.8 Å². The van der Waals surface area contributed by atoms with E-state index in [4.69, 9.17) is 40.8 Å². The molecule has 170 valence electrons. The number of fused-ring (bicyclic) bond motifs is 1. The Morgan fingerprint density at radius 3 is 2.82 bits per heavy atom. The molecule has 0 aliphatic carbocycles. The van der Waals surface area contributed by atoms with Crippen LogP contribution in [0, 0.1) is 13.7 Å². The summed E-state index contributed by atoms with van der Waals surface area (Å²) in [5, 5.41) is 6.71. The van der Waals surface area contributed by atoms with Crippen LogP contribution in [0.2, 0.25) is 5.02 Å². The third kappa shape index (κ3) is 5.44. The Hall–Kier alpha value is -2.73. The van der Waals surface area contributed by atoms with Gasteiger partial charge in [-0.2, -0.15) is 0 Å². The van der Waals surface area contributed by atoms with E-state index in [2.05, 4.69) is 20.4 Å². The fourth-order valence-corrected chi connectivity index (χ4v) is 4.81. The van der Waals surface area contributed by atoms with Gasteiger partial charge in [0.15, 0.2) is 13.7 Å². The summed E-state index contributed by atoms with van der Waals surface area (Å²) < 4.78 is 21.9. The lowest BCUT2D eigenvalue weighted by atomic mass is 10.0. The van der Waals surface area contributed by atoms with Crippen LogP contribution in [0.1, 0.15) is 12.5 Å². The molecule has 0 aliphatic rings. The van der Waals surface area contributed by atoms with Gasteiger partial charge >= 0.3 is 0 Å². The van der Waals surface area contributed by atoms with E-state index in [1.165, 1.54) is 29.8 Å². The predicted octanol–water partition coefficient (Wildman–Crippen LogP) is 6.03. The van der Waals surface area contributed by atoms with Gasteiger partial charge in [0.05, 0.1) is 17.1 Å². The largest absolute Gasteiger partial charge is 0.494 e. The second-order valence-corrected chi connectivity index (χ2v) is 9.67. The SMILES string of the molecule is CCOc1cc2ncnc(Nc3ccc(F)c(Cl)c3)c2cc1CC(=O)Cn1[nH]c(=S)sc1=S. The zero-order valence-corrected chi connectivity index (χ0v) is 20.4. The maximum atomic E-state index is 13.5. The first-order valence-electron chi connectivity index (χ1n) is 9.78. The van der Waals surface area contributed by atoms with Crippen molar-refractivity contribution < 1.29 is 13.9 Å². The summed E-state index contributed by atoms with van der Waals surface area (Å²) in [6.45, 7) is 2.37. The van der Waals surface area contributed by atoms with Crippen molar-refractivity contribution in [3.8, 4) is 5.75 Å². The van der Waals surface area contributed by atoms with Gasteiger partial charge in [0, 0.05) is 29.1 Å². The van der Waals surface area contributed by atoms with E-state index in [0.717, 1.165) is 0 Å². The van der Waals surface area contributed by atoms with Crippen LogP contribution in [0.5, 0.6) is 5.75 Å². The molecule has 0 unspecified atom stereocenters. The Bertz CT molecular complexity index is 1470. The second kappa shape index (κ2) is 10.0. The highest BCUT2D eigenvalue weighted by Gasteiger charge is 2.15. The molecule has 7 nitrogen and oxygen atoms in total. The van der Waals surface area contributed by atoms with Crippen molar-refractivity contribution in [2.45, 2.75) is 19.9 Å². The molecule has 33 heavy (non-hydrogen) atoms. The third-order valence-electron chi connectivity index (χ3n) is 4.65. The number of nitrogens with one attached hydrogen (secondary N) is 2. The van der Waals surface area contributed by atoms with Gasteiger partial charge < -0.3 is 10.1 Å². The molecule has 0 radical (unpaired) electrons. The summed E-state index contributed by atoms with van der Waals surface area (Å²) in [5.74, 6) is 0.466. The van der Waals surface area contributed by atoms with Crippen LogP contribution in [0.4, 0.5) is 15.9 Å². The number of nitrogens with zero attached hydrogens (tertiary/aromatic N) is 3. The lowest BCUT2D eigenvalue weighted by Gasteiger charge is -2.14. The van der Waals surface area contributed by atoms with Crippen molar-refractivity contribution >= 4 is 75.6 Å². The number of anilines is 2. The van der Waals surface area contributed by atoms with Gasteiger partial charge in [0.2, 0.25) is 0 Å². The van der Waals surface area contributed by atoms with E-state index in [1.54, 1.807) is 16.8 Å². The number of carbonyl (C=O) groups excluding carboxylic acids is 1. The van der Waals surface area contributed by atoms with Crippen LogP contribution in [0.3, 0.4) is 0 Å². The number of ketones is 1. The summed E-state index contributed by atoms with van der Waals surface area (Å²) in [6, 6.07) is 7.89. The van der Waals surface area contributed by atoms with Crippen LogP contribution < -0.4 is 10.1 Å². The Morgan fingerprint density at radius 2 is 2.12 bits per heavy atom. The van der Waals surface area contributed by atoms with Crippen molar-refractivity contribution in [3.05, 3.63) is 61.0 Å². The van der Waals surface area contributed by atoms with Gasteiger partial charge in [-0.25, -0.2) is 14.4 Å². The second-order valence-electron chi connectivity index (χ2n) is 6.96. The lowest BCUT2D eigenvalue weighted by molar-refractivity contribution is -0.119. The maximum Gasteiger partial charge on any atom is 0.178 e. The van der Waals surface area contributed by atoms with Gasteiger partial charge in [-0.1, -0.05) is 22.9 Å². The molecule has 4 rings (SSSR count). The molecule has 0 fully saturated rings. The molecule has 0 aliphatic heterocycles. The maximum absolute atomic E-state index is 13.5. The number of Topliss-reactive ketones (excluding diaryl/α,β-unsaturated/α-hetero) is 1. The number of aromatic nitrogens is 4. The Kier molecular flexibility index (Phi) is 7.13. The van der Waals surface area contributed by atoms with Crippen molar-refractivity contribution in [3.63, 3.8) is 0 Å². The first kappa shape index (κ1) is 23.4. The molecule has 12 heteroatoms. The average Bonchev–Trinajstić information content (AvgIpc) is 3.08. The average molecular weight is 522 g/mol. The highest BCUT2D eigenvalue weighted by atomic mass is 35.5. The standard InChI is InChI=1S/C21H17ClFN5O2S3/c1-2-30-18-8-17-14(6-11(18)5-13(29)9-28-21(32)33-20(31)27-28)19(25-10-24-17)26-12-3-4-16(23)15(22)7-12/h3-4,6-8,10H,2,5,9H2,1H3,(H,27,31)(H,24,25,26). The van der Waals surface area contributed by atoms with E-state index in [0.29, 0.717) is 48.2 Å². The summed E-state index contributed by atoms with van der Waals surface area (Å²) in [6.07, 6.45) is 1.52. The quantitative estimate of drug-likeness (QED) is 0.274. The Balaban J connectivity index is 1.69. The first-order chi connectivity index (χ1) is 15.8. The van der Waals surface area contributed by atoms with Gasteiger partial charge in [0.1, 0.15) is 30.3 Å². The minimum absolute atomic E-state index is 0.00522. The fourth-order valence-electron chi connectivity index (χ4n) is 3.23. The smallest absolute Gasteiger partial charge is 0.178 e. The summed E-state index contributed by atoms with van der Waals surface area (Å²) in [4.78, 5) is 21.5. The highest BCUT2D eigenvalue weighted by molar-refractivity contribution is 7.75. The zero-order valence-electron chi connectivity index (χ0n) is 17.2. The van der Waals surface area contributed by atoms with Gasteiger partial charge in [-0.3, -0.25) is 14.6 Å². The number of ether oxygens (including phenoxy) is 1. The molecule has 0 amide bonds. The molecule has 0 bridgehead atoms. The lowest BCUT2D eigenvalue weighted by Crippen LogP contribution is -2.14.